The topological polar surface area (TPSA) is 17.8 Å². The molecule has 2 nitrogen and oxygen atoms in total. The van der Waals surface area contributed by atoms with E-state index < -0.39 is 0 Å². The van der Waals surface area contributed by atoms with Gasteiger partial charge in [0.25, 0.3) is 0 Å². The molecule has 0 amide bonds. The van der Waals surface area contributed by atoms with Gasteiger partial charge in [-0.3, -0.25) is 4.68 Å². The molecule has 1 atom stereocenters. The van der Waals surface area contributed by atoms with Gasteiger partial charge in [0.2, 0.25) is 0 Å². The van der Waals surface area contributed by atoms with E-state index in [9.17, 15) is 0 Å². The van der Waals surface area contributed by atoms with Gasteiger partial charge in [-0.1, -0.05) is 32.4 Å². The highest BCUT2D eigenvalue weighted by Gasteiger charge is 2.26. The van der Waals surface area contributed by atoms with Crippen molar-refractivity contribution in [1.82, 2.24) is 9.78 Å². The van der Waals surface area contributed by atoms with Gasteiger partial charge >= 0.3 is 0 Å². The second-order valence-corrected chi connectivity index (χ2v) is 6.07. The molecule has 1 rings (SSSR count). The molecule has 92 valence electrons. The van der Waals surface area contributed by atoms with Crippen LogP contribution in [-0.2, 0) is 13.5 Å². The fourth-order valence-electron chi connectivity index (χ4n) is 1.74. The SMILES string of the molecule is Cc1nn(C)c(Cl)c1CC(CCl)C(C)(C)C. The van der Waals surface area contributed by atoms with Crippen molar-refractivity contribution in [1.29, 1.82) is 0 Å². The van der Waals surface area contributed by atoms with Gasteiger partial charge in [-0.05, 0) is 24.7 Å². The molecule has 0 saturated heterocycles. The maximum absolute atomic E-state index is 6.22. The fourth-order valence-corrected chi connectivity index (χ4v) is 2.57. The minimum absolute atomic E-state index is 0.188. The Labute approximate surface area is 108 Å². The Morgan fingerprint density at radius 2 is 1.94 bits per heavy atom. The molecule has 1 aromatic rings. The van der Waals surface area contributed by atoms with Gasteiger partial charge in [-0.25, -0.2) is 0 Å². The number of hydrogen-bond donors (Lipinski definition) is 0. The van der Waals surface area contributed by atoms with Crippen LogP contribution in [0.25, 0.3) is 0 Å². The van der Waals surface area contributed by atoms with Gasteiger partial charge in [0.05, 0.1) is 5.69 Å². The van der Waals surface area contributed by atoms with E-state index in [-0.39, 0.29) is 5.41 Å². The molecule has 0 radical (unpaired) electrons. The standard InChI is InChI=1S/C12H20Cl2N2/c1-8-10(11(14)16(5)15-8)6-9(7-13)12(2,3)4/h9H,6-7H2,1-5H3. The van der Waals surface area contributed by atoms with Gasteiger partial charge in [-0.2, -0.15) is 5.10 Å². The third kappa shape index (κ3) is 2.92. The Hall–Kier alpha value is -0.210. The van der Waals surface area contributed by atoms with Crippen molar-refractivity contribution >= 4 is 23.2 Å². The van der Waals surface area contributed by atoms with Crippen LogP contribution in [0, 0.1) is 18.3 Å². The number of aromatic nitrogens is 2. The molecule has 0 aliphatic carbocycles. The second kappa shape index (κ2) is 4.97. The normalized spacial score (nSPS) is 14.2. The summed E-state index contributed by atoms with van der Waals surface area (Å²) in [5.74, 6) is 1.06. The van der Waals surface area contributed by atoms with Crippen molar-refractivity contribution in [3.63, 3.8) is 0 Å². The van der Waals surface area contributed by atoms with Crippen molar-refractivity contribution < 1.29 is 0 Å². The Kier molecular flexibility index (Phi) is 4.30. The molecule has 0 spiro atoms. The highest BCUT2D eigenvalue weighted by molar-refractivity contribution is 6.30. The lowest BCUT2D eigenvalue weighted by Crippen LogP contribution is -2.24. The largest absolute Gasteiger partial charge is 0.257 e. The van der Waals surface area contributed by atoms with Crippen molar-refractivity contribution in [3.05, 3.63) is 16.4 Å². The van der Waals surface area contributed by atoms with Gasteiger partial charge in [0.15, 0.2) is 0 Å². The summed E-state index contributed by atoms with van der Waals surface area (Å²) < 4.78 is 1.72. The number of alkyl halides is 1. The predicted octanol–water partition coefficient (Wildman–Crippen LogP) is 3.83. The third-order valence-corrected chi connectivity index (χ3v) is 3.98. The molecule has 4 heteroatoms. The van der Waals surface area contributed by atoms with E-state index in [2.05, 4.69) is 25.9 Å². The molecular formula is C12H20Cl2N2. The first-order valence-electron chi connectivity index (χ1n) is 5.51. The molecule has 0 aromatic carbocycles. The molecule has 0 aliphatic heterocycles. The molecule has 0 aliphatic rings. The maximum Gasteiger partial charge on any atom is 0.130 e. The highest BCUT2D eigenvalue weighted by Crippen LogP contribution is 2.32. The molecule has 1 unspecified atom stereocenters. The van der Waals surface area contributed by atoms with Crippen LogP contribution < -0.4 is 0 Å². The molecule has 0 fully saturated rings. The first-order valence-corrected chi connectivity index (χ1v) is 6.42. The summed E-state index contributed by atoms with van der Waals surface area (Å²) in [6, 6.07) is 0. The zero-order chi connectivity index (χ0) is 12.5. The summed E-state index contributed by atoms with van der Waals surface area (Å²) in [6.07, 6.45) is 0.894. The van der Waals surface area contributed by atoms with Crippen molar-refractivity contribution in [2.75, 3.05) is 5.88 Å². The summed E-state index contributed by atoms with van der Waals surface area (Å²) in [6.45, 7) is 8.62. The number of halogens is 2. The summed E-state index contributed by atoms with van der Waals surface area (Å²) in [4.78, 5) is 0. The lowest BCUT2D eigenvalue weighted by Gasteiger charge is -2.29. The molecular weight excluding hydrogens is 243 g/mol. The average Bonchev–Trinajstić information content (AvgIpc) is 2.37. The smallest absolute Gasteiger partial charge is 0.130 e. The molecule has 0 saturated carbocycles. The van der Waals surface area contributed by atoms with E-state index in [1.54, 1.807) is 4.68 Å². The predicted molar refractivity (Wildman–Crippen MR) is 70.3 cm³/mol. The van der Waals surface area contributed by atoms with Gasteiger partial charge in [-0.15, -0.1) is 11.6 Å². The van der Waals surface area contributed by atoms with Crippen LogP contribution in [0.4, 0.5) is 0 Å². The molecule has 1 heterocycles. The highest BCUT2D eigenvalue weighted by atomic mass is 35.5. The summed E-state index contributed by atoms with van der Waals surface area (Å²) in [5.41, 5.74) is 2.32. The van der Waals surface area contributed by atoms with Crippen LogP contribution in [-0.4, -0.2) is 15.7 Å². The van der Waals surface area contributed by atoms with E-state index in [1.807, 2.05) is 14.0 Å². The maximum atomic E-state index is 6.22. The minimum atomic E-state index is 0.188. The number of hydrogen-bond acceptors (Lipinski definition) is 1. The van der Waals surface area contributed by atoms with Crippen molar-refractivity contribution in [2.24, 2.45) is 18.4 Å². The van der Waals surface area contributed by atoms with E-state index >= 15 is 0 Å². The first-order chi connectivity index (χ1) is 7.27. The van der Waals surface area contributed by atoms with Crippen LogP contribution in [0.5, 0.6) is 0 Å². The molecule has 1 aromatic heterocycles. The first kappa shape index (κ1) is 13.9. The monoisotopic (exact) mass is 262 g/mol. The van der Waals surface area contributed by atoms with Crippen LogP contribution >= 0.6 is 23.2 Å². The van der Waals surface area contributed by atoms with Crippen LogP contribution in [0.2, 0.25) is 5.15 Å². The third-order valence-electron chi connectivity index (χ3n) is 3.13. The van der Waals surface area contributed by atoms with E-state index in [0.717, 1.165) is 22.8 Å². The quantitative estimate of drug-likeness (QED) is 0.758. The Morgan fingerprint density at radius 1 is 1.38 bits per heavy atom. The van der Waals surface area contributed by atoms with Crippen molar-refractivity contribution in [3.8, 4) is 0 Å². The van der Waals surface area contributed by atoms with Gasteiger partial charge in [0, 0.05) is 18.5 Å². The number of aryl methyl sites for hydroxylation is 2. The minimum Gasteiger partial charge on any atom is -0.257 e. The lowest BCUT2D eigenvalue weighted by atomic mass is 9.78. The zero-order valence-corrected chi connectivity index (χ0v) is 12.2. The van der Waals surface area contributed by atoms with Crippen molar-refractivity contribution in [2.45, 2.75) is 34.1 Å². The fraction of sp³-hybridized carbons (Fsp3) is 0.750. The summed E-state index contributed by atoms with van der Waals surface area (Å²) in [7, 11) is 1.87. The van der Waals surface area contributed by atoms with Gasteiger partial charge in [0.1, 0.15) is 5.15 Å². The van der Waals surface area contributed by atoms with E-state index in [0.29, 0.717) is 11.8 Å². The number of nitrogens with zero attached hydrogens (tertiary/aromatic N) is 2. The van der Waals surface area contributed by atoms with E-state index in [4.69, 9.17) is 23.2 Å². The van der Waals surface area contributed by atoms with E-state index in [1.165, 1.54) is 0 Å². The summed E-state index contributed by atoms with van der Waals surface area (Å²) >= 11 is 12.3. The van der Waals surface area contributed by atoms with Gasteiger partial charge < -0.3 is 0 Å². The lowest BCUT2D eigenvalue weighted by molar-refractivity contribution is 0.263. The summed E-state index contributed by atoms with van der Waals surface area (Å²) in [5, 5.41) is 5.05. The molecule has 0 bridgehead atoms. The Balaban J connectivity index is 2.95. The van der Waals surface area contributed by atoms with Crippen LogP contribution in [0.1, 0.15) is 32.0 Å². The molecule has 16 heavy (non-hydrogen) atoms. The van der Waals surface area contributed by atoms with Crippen LogP contribution in [0.3, 0.4) is 0 Å². The number of rotatable bonds is 3. The van der Waals surface area contributed by atoms with Crippen LogP contribution in [0.15, 0.2) is 0 Å². The zero-order valence-electron chi connectivity index (χ0n) is 10.6. The Bertz CT molecular complexity index is 364. The Morgan fingerprint density at radius 3 is 2.25 bits per heavy atom. The second-order valence-electron chi connectivity index (χ2n) is 5.40. The average molecular weight is 263 g/mol. The molecule has 0 N–H and O–H groups in total.